The van der Waals surface area contributed by atoms with Crippen LogP contribution in [0.4, 0.5) is 0 Å². The van der Waals surface area contributed by atoms with E-state index in [4.69, 9.17) is 16.3 Å². The Balaban J connectivity index is 1.60. The molecule has 0 unspecified atom stereocenters. The zero-order valence-corrected chi connectivity index (χ0v) is 14.8. The van der Waals surface area contributed by atoms with Gasteiger partial charge >= 0.3 is 0 Å². The van der Waals surface area contributed by atoms with Crippen molar-refractivity contribution >= 4 is 23.4 Å². The van der Waals surface area contributed by atoms with Gasteiger partial charge in [0.2, 0.25) is 5.91 Å². The van der Waals surface area contributed by atoms with Gasteiger partial charge in [-0.25, -0.2) is 0 Å². The number of halogens is 1. The summed E-state index contributed by atoms with van der Waals surface area (Å²) in [6.45, 7) is 4.09. The summed E-state index contributed by atoms with van der Waals surface area (Å²) in [6, 6.07) is 10.9. The third kappa shape index (κ3) is 3.94. The van der Waals surface area contributed by atoms with Crippen LogP contribution in [-0.2, 0) is 11.2 Å². The molecule has 0 saturated carbocycles. The molecular formula is C19H19ClN2O3. The summed E-state index contributed by atoms with van der Waals surface area (Å²) in [5.41, 5.74) is 8.31. The van der Waals surface area contributed by atoms with Crippen LogP contribution < -0.4 is 15.6 Å². The average Bonchev–Trinajstić information content (AvgIpc) is 2.58. The van der Waals surface area contributed by atoms with Crippen molar-refractivity contribution in [2.75, 3.05) is 6.61 Å². The summed E-state index contributed by atoms with van der Waals surface area (Å²) in [7, 11) is 0. The molecule has 0 aliphatic carbocycles. The minimum atomic E-state index is -0.384. The van der Waals surface area contributed by atoms with Crippen molar-refractivity contribution in [3.05, 3.63) is 63.7 Å². The van der Waals surface area contributed by atoms with E-state index in [1.165, 1.54) is 0 Å². The molecular weight excluding hydrogens is 340 g/mol. The molecule has 2 amide bonds. The molecule has 2 aromatic carbocycles. The van der Waals surface area contributed by atoms with Crippen LogP contribution in [0.3, 0.4) is 0 Å². The molecule has 1 aliphatic heterocycles. The van der Waals surface area contributed by atoms with Gasteiger partial charge in [0, 0.05) is 10.6 Å². The fourth-order valence-corrected chi connectivity index (χ4v) is 3.08. The highest BCUT2D eigenvalue weighted by Gasteiger charge is 2.26. The molecule has 3 rings (SSSR count). The number of fused-ring (bicyclic) bond motifs is 1. The van der Waals surface area contributed by atoms with Gasteiger partial charge in [0.25, 0.3) is 5.91 Å². The van der Waals surface area contributed by atoms with Crippen molar-refractivity contribution in [1.82, 2.24) is 10.9 Å². The maximum Gasteiger partial charge on any atom is 0.269 e. The Kier molecular flexibility index (Phi) is 4.95. The molecule has 0 fully saturated rings. The Hall–Kier alpha value is -2.53. The molecule has 2 N–H and O–H groups in total. The summed E-state index contributed by atoms with van der Waals surface area (Å²) in [4.78, 5) is 24.6. The number of rotatable bonds is 2. The summed E-state index contributed by atoms with van der Waals surface area (Å²) in [6.07, 6.45) is 0.515. The number of hydrazine groups is 1. The molecule has 1 atom stereocenters. The second-order valence-corrected chi connectivity index (χ2v) is 6.66. The smallest absolute Gasteiger partial charge is 0.269 e. The van der Waals surface area contributed by atoms with Crippen molar-refractivity contribution in [2.24, 2.45) is 5.92 Å². The van der Waals surface area contributed by atoms with Crippen molar-refractivity contribution < 1.29 is 14.3 Å². The predicted molar refractivity (Wildman–Crippen MR) is 95.7 cm³/mol. The van der Waals surface area contributed by atoms with E-state index in [0.717, 1.165) is 22.4 Å². The number of hydrogen-bond donors (Lipinski definition) is 2. The first-order chi connectivity index (χ1) is 11.9. The largest absolute Gasteiger partial charge is 0.492 e. The molecule has 1 heterocycles. The van der Waals surface area contributed by atoms with Crippen LogP contribution in [-0.4, -0.2) is 18.4 Å². The number of ether oxygens (including phenoxy) is 1. The van der Waals surface area contributed by atoms with Gasteiger partial charge in [-0.2, -0.15) is 0 Å². The summed E-state index contributed by atoms with van der Waals surface area (Å²) >= 11 is 5.99. The maximum atomic E-state index is 12.3. The van der Waals surface area contributed by atoms with Gasteiger partial charge < -0.3 is 4.74 Å². The third-order valence-electron chi connectivity index (χ3n) is 4.23. The summed E-state index contributed by atoms with van der Waals surface area (Å²) in [5.74, 6) is -0.270. The Labute approximate surface area is 151 Å². The molecule has 25 heavy (non-hydrogen) atoms. The minimum absolute atomic E-state index is 0.264. The van der Waals surface area contributed by atoms with Crippen LogP contribution in [0.5, 0.6) is 5.75 Å². The predicted octanol–water partition coefficient (Wildman–Crippen LogP) is 2.97. The fourth-order valence-electron chi connectivity index (χ4n) is 2.89. The summed E-state index contributed by atoms with van der Waals surface area (Å²) < 4.78 is 5.60. The molecule has 0 bridgehead atoms. The lowest BCUT2D eigenvalue weighted by Crippen LogP contribution is -2.47. The van der Waals surface area contributed by atoms with Crippen LogP contribution in [0.25, 0.3) is 0 Å². The van der Waals surface area contributed by atoms with Crippen molar-refractivity contribution in [1.29, 1.82) is 0 Å². The monoisotopic (exact) mass is 358 g/mol. The minimum Gasteiger partial charge on any atom is -0.492 e. The van der Waals surface area contributed by atoms with E-state index in [0.29, 0.717) is 17.0 Å². The first kappa shape index (κ1) is 17.3. The van der Waals surface area contributed by atoms with Crippen LogP contribution in [0.1, 0.15) is 27.0 Å². The Morgan fingerprint density at radius 1 is 1.12 bits per heavy atom. The average molecular weight is 359 g/mol. The Bertz CT molecular complexity index is 835. The highest BCUT2D eigenvalue weighted by atomic mass is 35.5. The molecule has 0 radical (unpaired) electrons. The van der Waals surface area contributed by atoms with Gasteiger partial charge in [0.15, 0.2) is 0 Å². The lowest BCUT2D eigenvalue weighted by molar-refractivity contribution is -0.127. The van der Waals surface area contributed by atoms with Crippen LogP contribution in [0.15, 0.2) is 36.4 Å². The first-order valence-corrected chi connectivity index (χ1v) is 8.40. The van der Waals surface area contributed by atoms with Crippen LogP contribution in [0.2, 0.25) is 5.02 Å². The number of aryl methyl sites for hydroxylation is 2. The zero-order chi connectivity index (χ0) is 18.0. The van der Waals surface area contributed by atoms with E-state index in [1.807, 2.05) is 26.0 Å². The van der Waals surface area contributed by atoms with Crippen LogP contribution in [0, 0.1) is 19.8 Å². The zero-order valence-electron chi connectivity index (χ0n) is 14.1. The summed E-state index contributed by atoms with van der Waals surface area (Å²) in [5, 5.41) is 0.603. The highest BCUT2D eigenvalue weighted by molar-refractivity contribution is 6.30. The maximum absolute atomic E-state index is 12.3. The molecule has 2 aromatic rings. The second kappa shape index (κ2) is 7.15. The standard InChI is InChI=1S/C19H19ClN2O3/c1-11-3-5-16(12(2)7-11)19(24)22-21-18(23)14-8-13-9-15(20)4-6-17(13)25-10-14/h3-7,9,14H,8,10H2,1-2H3,(H,21,23)(H,22,24)/t14-/m0/s1. The normalized spacial score (nSPS) is 15.7. The van der Waals surface area contributed by atoms with Gasteiger partial charge in [0.05, 0.1) is 5.92 Å². The van der Waals surface area contributed by atoms with E-state index >= 15 is 0 Å². The van der Waals surface area contributed by atoms with E-state index in [2.05, 4.69) is 10.9 Å². The molecule has 130 valence electrons. The molecule has 0 spiro atoms. The third-order valence-corrected chi connectivity index (χ3v) is 4.46. The topological polar surface area (TPSA) is 67.4 Å². The SMILES string of the molecule is Cc1ccc(C(=O)NNC(=O)[C@@H]2COc3ccc(Cl)cc3C2)c(C)c1. The van der Waals surface area contributed by atoms with Gasteiger partial charge in [0.1, 0.15) is 12.4 Å². The fraction of sp³-hybridized carbons (Fsp3) is 0.263. The number of hydrogen-bond acceptors (Lipinski definition) is 3. The van der Waals surface area contributed by atoms with Gasteiger partial charge in [-0.05, 0) is 55.7 Å². The molecule has 0 aromatic heterocycles. The molecule has 6 heteroatoms. The number of amides is 2. The second-order valence-electron chi connectivity index (χ2n) is 6.23. The van der Waals surface area contributed by atoms with E-state index < -0.39 is 0 Å². The molecule has 1 aliphatic rings. The van der Waals surface area contributed by atoms with Gasteiger partial charge in [-0.1, -0.05) is 29.3 Å². The van der Waals surface area contributed by atoms with Crippen molar-refractivity contribution in [3.8, 4) is 5.75 Å². The van der Waals surface area contributed by atoms with Crippen molar-refractivity contribution in [2.45, 2.75) is 20.3 Å². The lowest BCUT2D eigenvalue weighted by Gasteiger charge is -2.24. The highest BCUT2D eigenvalue weighted by Crippen LogP contribution is 2.29. The van der Waals surface area contributed by atoms with Crippen molar-refractivity contribution in [3.63, 3.8) is 0 Å². The molecule has 0 saturated heterocycles. The van der Waals surface area contributed by atoms with Crippen LogP contribution >= 0.6 is 11.6 Å². The number of carbonyl (C=O) groups is 2. The van der Waals surface area contributed by atoms with E-state index in [1.54, 1.807) is 24.3 Å². The van der Waals surface area contributed by atoms with Gasteiger partial charge in [-0.15, -0.1) is 0 Å². The quantitative estimate of drug-likeness (QED) is 0.811. The Morgan fingerprint density at radius 3 is 2.68 bits per heavy atom. The number of nitrogens with one attached hydrogen (secondary N) is 2. The van der Waals surface area contributed by atoms with E-state index in [-0.39, 0.29) is 24.3 Å². The van der Waals surface area contributed by atoms with Gasteiger partial charge in [-0.3, -0.25) is 20.4 Å². The molecule has 5 nitrogen and oxygen atoms in total. The number of benzene rings is 2. The Morgan fingerprint density at radius 2 is 1.92 bits per heavy atom. The number of carbonyl (C=O) groups excluding carboxylic acids is 2. The van der Waals surface area contributed by atoms with E-state index in [9.17, 15) is 9.59 Å². The lowest BCUT2D eigenvalue weighted by atomic mass is 9.96. The first-order valence-electron chi connectivity index (χ1n) is 8.02.